The van der Waals surface area contributed by atoms with Gasteiger partial charge in [-0.3, -0.25) is 4.79 Å². The lowest BCUT2D eigenvalue weighted by Gasteiger charge is -2.21. The van der Waals surface area contributed by atoms with E-state index in [1.54, 1.807) is 12.1 Å². The monoisotopic (exact) mass is 375 g/mol. The van der Waals surface area contributed by atoms with E-state index in [-0.39, 0.29) is 17.7 Å². The van der Waals surface area contributed by atoms with Crippen molar-refractivity contribution in [3.63, 3.8) is 0 Å². The van der Waals surface area contributed by atoms with E-state index in [4.69, 9.17) is 0 Å². The Labute approximate surface area is 126 Å². The first kappa shape index (κ1) is 14.6. The van der Waals surface area contributed by atoms with Crippen molar-refractivity contribution in [1.29, 1.82) is 0 Å². The first-order valence-corrected chi connectivity index (χ1v) is 7.63. The Hall–Kier alpha value is -0.820. The Morgan fingerprint density at radius 1 is 1.26 bits per heavy atom. The van der Waals surface area contributed by atoms with Gasteiger partial charge in [0.15, 0.2) is 0 Å². The predicted octanol–water partition coefficient (Wildman–Crippen LogP) is 2.42. The van der Waals surface area contributed by atoms with Gasteiger partial charge in [0.2, 0.25) is 0 Å². The van der Waals surface area contributed by atoms with Crippen LogP contribution in [0.1, 0.15) is 42.5 Å². The summed E-state index contributed by atoms with van der Waals surface area (Å²) in [5.74, 6) is -0.132. The Balaban J connectivity index is 2.05. The Morgan fingerprint density at radius 3 is 2.74 bits per heavy atom. The first-order valence-electron chi connectivity index (χ1n) is 6.55. The molecule has 3 N–H and O–H groups in total. The molecule has 5 heteroatoms. The number of hydrogen-bond donors (Lipinski definition) is 3. The zero-order chi connectivity index (χ0) is 13.8. The summed E-state index contributed by atoms with van der Waals surface area (Å²) in [4.78, 5) is 12.1. The van der Waals surface area contributed by atoms with Gasteiger partial charge in [-0.05, 0) is 53.6 Å². The van der Waals surface area contributed by atoms with Crippen molar-refractivity contribution in [2.45, 2.75) is 44.2 Å². The number of benzene rings is 1. The summed E-state index contributed by atoms with van der Waals surface area (Å²) >= 11 is 2.01. The third-order valence-electron chi connectivity index (χ3n) is 3.50. The van der Waals surface area contributed by atoms with Crippen molar-refractivity contribution in [2.75, 3.05) is 0 Å². The molecule has 1 fully saturated rings. The minimum Gasteiger partial charge on any atom is -0.507 e. The molecule has 1 aliphatic carbocycles. The van der Waals surface area contributed by atoms with E-state index in [0.29, 0.717) is 9.13 Å². The summed E-state index contributed by atoms with van der Waals surface area (Å²) in [6.07, 6.45) is 4.22. The van der Waals surface area contributed by atoms with E-state index in [2.05, 4.69) is 5.32 Å². The minimum atomic E-state index is -0.469. The molecule has 19 heavy (non-hydrogen) atoms. The number of aromatic hydroxyl groups is 1. The number of rotatable bonds is 2. The number of hydrogen-bond acceptors (Lipinski definition) is 3. The maximum atomic E-state index is 12.1. The Morgan fingerprint density at radius 2 is 2.00 bits per heavy atom. The molecule has 104 valence electrons. The van der Waals surface area contributed by atoms with Gasteiger partial charge in [0, 0.05) is 5.56 Å². The molecule has 0 radical (unpaired) electrons. The third-order valence-corrected chi connectivity index (χ3v) is 4.42. The average Bonchev–Trinajstić information content (AvgIpc) is 2.58. The maximum Gasteiger partial charge on any atom is 0.251 e. The smallest absolute Gasteiger partial charge is 0.251 e. The number of phenols is 1. The van der Waals surface area contributed by atoms with Gasteiger partial charge in [-0.25, -0.2) is 0 Å². The third kappa shape index (κ3) is 3.82. The second-order valence-corrected chi connectivity index (χ2v) is 6.11. The lowest BCUT2D eigenvalue weighted by molar-refractivity contribution is 0.0818. The van der Waals surface area contributed by atoms with E-state index < -0.39 is 6.10 Å². The van der Waals surface area contributed by atoms with Crippen LogP contribution in [-0.4, -0.2) is 28.3 Å². The molecule has 1 aromatic carbocycles. The normalized spacial score (nSPS) is 23.7. The SMILES string of the molecule is O=C(NC1CCCCCC1O)c1ccc(I)c(O)c1. The van der Waals surface area contributed by atoms with Crippen molar-refractivity contribution in [1.82, 2.24) is 5.32 Å². The van der Waals surface area contributed by atoms with Gasteiger partial charge in [0.1, 0.15) is 5.75 Å². The van der Waals surface area contributed by atoms with Crippen LogP contribution in [0.2, 0.25) is 0 Å². The van der Waals surface area contributed by atoms with Crippen LogP contribution >= 0.6 is 22.6 Å². The maximum absolute atomic E-state index is 12.1. The molecule has 1 aliphatic rings. The summed E-state index contributed by atoms with van der Waals surface area (Å²) < 4.78 is 0.712. The molecule has 0 spiro atoms. The van der Waals surface area contributed by atoms with Crippen LogP contribution in [0.25, 0.3) is 0 Å². The molecular weight excluding hydrogens is 357 g/mol. The van der Waals surface area contributed by atoms with Gasteiger partial charge in [0.25, 0.3) is 5.91 Å². The summed E-state index contributed by atoms with van der Waals surface area (Å²) in [6, 6.07) is 4.66. The van der Waals surface area contributed by atoms with Crippen LogP contribution in [0.5, 0.6) is 5.75 Å². The number of aliphatic hydroxyl groups is 1. The molecule has 4 nitrogen and oxygen atoms in total. The molecule has 0 saturated heterocycles. The molecule has 1 amide bonds. The minimum absolute atomic E-state index is 0.106. The van der Waals surface area contributed by atoms with Crippen molar-refractivity contribution in [3.8, 4) is 5.75 Å². The van der Waals surface area contributed by atoms with Gasteiger partial charge in [-0.15, -0.1) is 0 Å². The van der Waals surface area contributed by atoms with Crippen LogP contribution in [0, 0.1) is 3.57 Å². The molecular formula is C14H18INO3. The molecule has 0 aromatic heterocycles. The van der Waals surface area contributed by atoms with Crippen molar-refractivity contribution in [3.05, 3.63) is 27.3 Å². The second kappa shape index (κ2) is 6.56. The van der Waals surface area contributed by atoms with E-state index in [1.807, 2.05) is 22.6 Å². The largest absolute Gasteiger partial charge is 0.507 e. The zero-order valence-corrected chi connectivity index (χ0v) is 12.8. The highest BCUT2D eigenvalue weighted by atomic mass is 127. The number of aliphatic hydroxyl groups excluding tert-OH is 1. The predicted molar refractivity (Wildman–Crippen MR) is 81.2 cm³/mol. The summed E-state index contributed by atoms with van der Waals surface area (Å²) in [5.41, 5.74) is 0.425. The van der Waals surface area contributed by atoms with Gasteiger partial charge >= 0.3 is 0 Å². The highest BCUT2D eigenvalue weighted by Crippen LogP contribution is 2.22. The van der Waals surface area contributed by atoms with Gasteiger partial charge in [0.05, 0.1) is 15.7 Å². The quantitative estimate of drug-likeness (QED) is 0.549. The lowest BCUT2D eigenvalue weighted by atomic mass is 10.1. The topological polar surface area (TPSA) is 69.6 Å². The standard InChI is InChI=1S/C14H18INO3/c15-10-7-6-9(8-13(10)18)14(19)16-11-4-2-1-3-5-12(11)17/h6-8,11-12,17-18H,1-5H2,(H,16,19). The number of carbonyl (C=O) groups excluding carboxylic acids is 1. The molecule has 2 rings (SSSR count). The van der Waals surface area contributed by atoms with Crippen molar-refractivity contribution < 1.29 is 15.0 Å². The van der Waals surface area contributed by atoms with E-state index in [0.717, 1.165) is 32.1 Å². The van der Waals surface area contributed by atoms with E-state index in [1.165, 1.54) is 6.07 Å². The van der Waals surface area contributed by atoms with E-state index in [9.17, 15) is 15.0 Å². The number of carbonyl (C=O) groups is 1. The summed E-state index contributed by atoms with van der Waals surface area (Å²) in [7, 11) is 0. The highest BCUT2D eigenvalue weighted by Gasteiger charge is 2.23. The average molecular weight is 375 g/mol. The van der Waals surface area contributed by atoms with Crippen LogP contribution < -0.4 is 5.32 Å². The Bertz CT molecular complexity index is 464. The first-order chi connectivity index (χ1) is 9.08. The summed E-state index contributed by atoms with van der Waals surface area (Å²) in [6.45, 7) is 0. The van der Waals surface area contributed by atoms with Gasteiger partial charge in [-0.1, -0.05) is 19.3 Å². The number of halogens is 1. The molecule has 0 heterocycles. The second-order valence-electron chi connectivity index (χ2n) is 4.95. The number of phenolic OH excluding ortho intramolecular Hbond substituents is 1. The lowest BCUT2D eigenvalue weighted by Crippen LogP contribution is -2.42. The van der Waals surface area contributed by atoms with Crippen molar-refractivity contribution >= 4 is 28.5 Å². The van der Waals surface area contributed by atoms with Crippen LogP contribution in [0.3, 0.4) is 0 Å². The van der Waals surface area contributed by atoms with Crippen molar-refractivity contribution in [2.24, 2.45) is 0 Å². The molecule has 0 bridgehead atoms. The molecule has 1 aromatic rings. The van der Waals surface area contributed by atoms with Crippen LogP contribution in [0.4, 0.5) is 0 Å². The van der Waals surface area contributed by atoms with Crippen LogP contribution in [-0.2, 0) is 0 Å². The molecule has 1 saturated carbocycles. The fraction of sp³-hybridized carbons (Fsp3) is 0.500. The van der Waals surface area contributed by atoms with Gasteiger partial charge < -0.3 is 15.5 Å². The fourth-order valence-corrected chi connectivity index (χ4v) is 2.70. The molecule has 2 atom stereocenters. The number of nitrogens with one attached hydrogen (secondary N) is 1. The van der Waals surface area contributed by atoms with Crippen LogP contribution in [0.15, 0.2) is 18.2 Å². The van der Waals surface area contributed by atoms with Gasteiger partial charge in [-0.2, -0.15) is 0 Å². The fourth-order valence-electron chi connectivity index (χ4n) is 2.36. The van der Waals surface area contributed by atoms with E-state index >= 15 is 0 Å². The number of amides is 1. The Kier molecular flexibility index (Phi) is 5.04. The highest BCUT2D eigenvalue weighted by molar-refractivity contribution is 14.1. The zero-order valence-electron chi connectivity index (χ0n) is 10.6. The molecule has 0 aliphatic heterocycles. The summed E-state index contributed by atoms with van der Waals surface area (Å²) in [5, 5.41) is 22.5. The molecule has 2 unspecified atom stereocenters.